The highest BCUT2D eigenvalue weighted by Crippen LogP contribution is 2.25. The van der Waals surface area contributed by atoms with E-state index in [-0.39, 0.29) is 0 Å². The first-order chi connectivity index (χ1) is 6.34. The van der Waals surface area contributed by atoms with Crippen molar-refractivity contribution < 1.29 is 4.74 Å². The molecule has 66 valence electrons. The van der Waals surface area contributed by atoms with Crippen LogP contribution in [0.4, 0.5) is 0 Å². The van der Waals surface area contributed by atoms with Gasteiger partial charge in [0.25, 0.3) is 5.19 Å². The number of thiazole rings is 1. The van der Waals surface area contributed by atoms with Crippen molar-refractivity contribution in [1.82, 2.24) is 4.98 Å². The number of benzene rings is 1. The number of hydrogen-bond acceptors (Lipinski definition) is 3. The third kappa shape index (κ3) is 2.06. The lowest BCUT2D eigenvalue weighted by Gasteiger charge is -1.98. The van der Waals surface area contributed by atoms with Crippen molar-refractivity contribution in [3.8, 4) is 10.9 Å². The second-order valence-electron chi connectivity index (χ2n) is 2.65. The molecule has 13 heavy (non-hydrogen) atoms. The fourth-order valence-corrected chi connectivity index (χ4v) is 1.59. The second kappa shape index (κ2) is 3.58. The molecule has 0 radical (unpaired) electrons. The largest absolute Gasteiger partial charge is 0.431 e. The molecule has 2 nitrogen and oxygen atoms in total. The van der Waals surface area contributed by atoms with E-state index in [9.17, 15) is 0 Å². The molecule has 0 N–H and O–H groups in total. The zero-order valence-corrected chi connectivity index (χ0v) is 8.04. The van der Waals surface area contributed by atoms with Crippen molar-refractivity contribution in [3.63, 3.8) is 0 Å². The smallest absolute Gasteiger partial charge is 0.278 e. The van der Waals surface area contributed by atoms with Crippen molar-refractivity contribution in [3.05, 3.63) is 41.4 Å². The number of para-hydroxylation sites is 1. The third-order valence-electron chi connectivity index (χ3n) is 1.55. The first kappa shape index (κ1) is 8.26. The molecule has 0 atom stereocenters. The maximum atomic E-state index is 5.51. The van der Waals surface area contributed by atoms with Gasteiger partial charge in [0.15, 0.2) is 0 Å². The van der Waals surface area contributed by atoms with E-state index >= 15 is 0 Å². The van der Waals surface area contributed by atoms with Crippen LogP contribution >= 0.6 is 11.3 Å². The summed E-state index contributed by atoms with van der Waals surface area (Å²) in [5.41, 5.74) is 0. The Labute approximate surface area is 80.8 Å². The van der Waals surface area contributed by atoms with Gasteiger partial charge in [-0.2, -0.15) is 0 Å². The van der Waals surface area contributed by atoms with Crippen LogP contribution in [0.25, 0.3) is 0 Å². The molecule has 3 heteroatoms. The normalized spacial score (nSPS) is 9.92. The number of aryl methyl sites for hydroxylation is 1. The van der Waals surface area contributed by atoms with Gasteiger partial charge in [0.2, 0.25) is 0 Å². The average molecular weight is 191 g/mol. The first-order valence-corrected chi connectivity index (χ1v) is 4.81. The van der Waals surface area contributed by atoms with Crippen molar-refractivity contribution >= 4 is 11.3 Å². The van der Waals surface area contributed by atoms with Crippen LogP contribution in [0.3, 0.4) is 0 Å². The van der Waals surface area contributed by atoms with Crippen molar-refractivity contribution in [2.75, 3.05) is 0 Å². The summed E-state index contributed by atoms with van der Waals surface area (Å²) in [6.07, 6.45) is 1.81. The molecule has 0 saturated carbocycles. The zero-order valence-electron chi connectivity index (χ0n) is 7.23. The van der Waals surface area contributed by atoms with Crippen molar-refractivity contribution in [2.24, 2.45) is 0 Å². The van der Waals surface area contributed by atoms with Gasteiger partial charge in [0, 0.05) is 11.1 Å². The Morgan fingerprint density at radius 2 is 2.00 bits per heavy atom. The van der Waals surface area contributed by atoms with Crippen LogP contribution < -0.4 is 4.74 Å². The van der Waals surface area contributed by atoms with Crippen LogP contribution in [-0.4, -0.2) is 4.98 Å². The number of rotatable bonds is 2. The summed E-state index contributed by atoms with van der Waals surface area (Å²) < 4.78 is 5.51. The first-order valence-electron chi connectivity index (χ1n) is 4.00. The predicted molar refractivity (Wildman–Crippen MR) is 53.4 cm³/mol. The lowest BCUT2D eigenvalue weighted by molar-refractivity contribution is 0.479. The van der Waals surface area contributed by atoms with E-state index in [0.29, 0.717) is 5.19 Å². The van der Waals surface area contributed by atoms with Gasteiger partial charge in [-0.3, -0.25) is 0 Å². The number of ether oxygens (including phenoxy) is 1. The van der Waals surface area contributed by atoms with Crippen molar-refractivity contribution in [2.45, 2.75) is 6.92 Å². The molecule has 0 aliphatic carbocycles. The summed E-state index contributed by atoms with van der Waals surface area (Å²) >= 11 is 1.55. The lowest BCUT2D eigenvalue weighted by Crippen LogP contribution is -1.80. The Morgan fingerprint density at radius 1 is 1.23 bits per heavy atom. The molecular formula is C10H9NOS. The molecule has 0 spiro atoms. The Hall–Kier alpha value is -1.35. The maximum absolute atomic E-state index is 5.51. The molecule has 0 fully saturated rings. The van der Waals surface area contributed by atoms with Crippen LogP contribution in [-0.2, 0) is 0 Å². The minimum atomic E-state index is 0.698. The van der Waals surface area contributed by atoms with Crippen LogP contribution in [0.2, 0.25) is 0 Å². The molecule has 0 bridgehead atoms. The number of hydrogen-bond donors (Lipinski definition) is 0. The Kier molecular flexibility index (Phi) is 2.27. The fourth-order valence-electron chi connectivity index (χ4n) is 0.971. The van der Waals surface area contributed by atoms with Gasteiger partial charge in [0.05, 0.1) is 0 Å². The topological polar surface area (TPSA) is 22.1 Å². The highest BCUT2D eigenvalue weighted by molar-refractivity contribution is 7.13. The van der Waals surface area contributed by atoms with E-state index in [1.54, 1.807) is 11.3 Å². The summed E-state index contributed by atoms with van der Waals surface area (Å²) in [6, 6.07) is 9.67. The SMILES string of the molecule is Cc1cnc(Oc2ccccc2)s1. The lowest BCUT2D eigenvalue weighted by atomic mass is 10.3. The number of nitrogens with zero attached hydrogens (tertiary/aromatic N) is 1. The summed E-state index contributed by atoms with van der Waals surface area (Å²) in [4.78, 5) is 5.27. The van der Waals surface area contributed by atoms with E-state index < -0.39 is 0 Å². The Morgan fingerprint density at radius 3 is 2.62 bits per heavy atom. The zero-order chi connectivity index (χ0) is 9.10. The average Bonchev–Trinajstić information content (AvgIpc) is 2.53. The molecule has 2 aromatic rings. The number of aromatic nitrogens is 1. The molecule has 0 saturated heterocycles. The van der Waals surface area contributed by atoms with Gasteiger partial charge in [0.1, 0.15) is 5.75 Å². The monoisotopic (exact) mass is 191 g/mol. The summed E-state index contributed by atoms with van der Waals surface area (Å²) in [5, 5.41) is 0.698. The third-order valence-corrected chi connectivity index (χ3v) is 2.34. The van der Waals surface area contributed by atoms with E-state index in [1.807, 2.05) is 43.5 Å². The van der Waals surface area contributed by atoms with E-state index in [0.717, 1.165) is 10.6 Å². The summed E-state index contributed by atoms with van der Waals surface area (Å²) in [5.74, 6) is 0.830. The summed E-state index contributed by atoms with van der Waals surface area (Å²) in [7, 11) is 0. The fraction of sp³-hybridized carbons (Fsp3) is 0.100. The Bertz CT molecular complexity index is 383. The minimum Gasteiger partial charge on any atom is -0.431 e. The van der Waals surface area contributed by atoms with Crippen LogP contribution in [0, 0.1) is 6.92 Å². The van der Waals surface area contributed by atoms with Crippen LogP contribution in [0.15, 0.2) is 36.5 Å². The van der Waals surface area contributed by atoms with Crippen LogP contribution in [0.5, 0.6) is 10.9 Å². The highest BCUT2D eigenvalue weighted by atomic mass is 32.1. The molecule has 1 aromatic carbocycles. The quantitative estimate of drug-likeness (QED) is 0.727. The van der Waals surface area contributed by atoms with Gasteiger partial charge in [-0.05, 0) is 19.1 Å². The highest BCUT2D eigenvalue weighted by Gasteiger charge is 1.99. The molecular weight excluding hydrogens is 182 g/mol. The molecule has 0 unspecified atom stereocenters. The molecule has 0 aliphatic rings. The molecule has 0 amide bonds. The van der Waals surface area contributed by atoms with Crippen molar-refractivity contribution in [1.29, 1.82) is 0 Å². The van der Waals surface area contributed by atoms with E-state index in [2.05, 4.69) is 4.98 Å². The standard InChI is InChI=1S/C10H9NOS/c1-8-7-11-10(13-8)12-9-5-3-2-4-6-9/h2-7H,1H3. The molecule has 0 aliphatic heterocycles. The van der Waals surface area contributed by atoms with Gasteiger partial charge in [-0.25, -0.2) is 4.98 Å². The van der Waals surface area contributed by atoms with Gasteiger partial charge >= 0.3 is 0 Å². The second-order valence-corrected chi connectivity index (χ2v) is 3.85. The van der Waals surface area contributed by atoms with E-state index in [4.69, 9.17) is 4.74 Å². The molecule has 1 heterocycles. The van der Waals surface area contributed by atoms with E-state index in [1.165, 1.54) is 0 Å². The van der Waals surface area contributed by atoms with Gasteiger partial charge < -0.3 is 4.74 Å². The van der Waals surface area contributed by atoms with Gasteiger partial charge in [-0.15, -0.1) is 0 Å². The molecule has 1 aromatic heterocycles. The predicted octanol–water partition coefficient (Wildman–Crippen LogP) is 3.24. The van der Waals surface area contributed by atoms with Gasteiger partial charge in [-0.1, -0.05) is 29.5 Å². The Balaban J connectivity index is 2.15. The molecule has 2 rings (SSSR count). The summed E-state index contributed by atoms with van der Waals surface area (Å²) in [6.45, 7) is 2.01. The van der Waals surface area contributed by atoms with Crippen LogP contribution in [0.1, 0.15) is 4.88 Å². The minimum absolute atomic E-state index is 0.698. The maximum Gasteiger partial charge on any atom is 0.278 e.